The Morgan fingerprint density at radius 1 is 1.24 bits per heavy atom. The largest absolute Gasteiger partial charge is 0.478 e. The highest BCUT2D eigenvalue weighted by Crippen LogP contribution is 2.30. The van der Waals surface area contributed by atoms with Crippen LogP contribution in [0, 0.1) is 0 Å². The first-order valence-electron chi connectivity index (χ1n) is 6.37. The highest BCUT2D eigenvalue weighted by atomic mass is 79.9. The number of aromatic nitrogens is 1. The molecular formula is C15H11BrN2O3. The first-order chi connectivity index (χ1) is 10.1. The van der Waals surface area contributed by atoms with Crippen molar-refractivity contribution in [3.63, 3.8) is 0 Å². The third-order valence-electron chi connectivity index (χ3n) is 3.41. The molecule has 2 heterocycles. The minimum Gasteiger partial charge on any atom is -0.478 e. The molecule has 1 aliphatic rings. The van der Waals surface area contributed by atoms with Gasteiger partial charge in [-0.1, -0.05) is 12.1 Å². The molecule has 5 nitrogen and oxygen atoms in total. The van der Waals surface area contributed by atoms with Gasteiger partial charge in [-0.25, -0.2) is 9.78 Å². The predicted octanol–water partition coefficient (Wildman–Crippen LogP) is 2.75. The second kappa shape index (κ2) is 5.29. The van der Waals surface area contributed by atoms with Crippen LogP contribution < -0.4 is 4.90 Å². The van der Waals surface area contributed by atoms with E-state index in [1.165, 1.54) is 0 Å². The summed E-state index contributed by atoms with van der Waals surface area (Å²) >= 11 is 3.24. The quantitative estimate of drug-likeness (QED) is 0.848. The van der Waals surface area contributed by atoms with Gasteiger partial charge in [0.15, 0.2) is 0 Å². The first kappa shape index (κ1) is 13.8. The number of benzene rings is 1. The van der Waals surface area contributed by atoms with E-state index < -0.39 is 5.97 Å². The average molecular weight is 347 g/mol. The zero-order valence-corrected chi connectivity index (χ0v) is 12.5. The van der Waals surface area contributed by atoms with Crippen LogP contribution in [-0.4, -0.2) is 28.5 Å². The summed E-state index contributed by atoms with van der Waals surface area (Å²) in [6.07, 6.45) is 0.717. The molecule has 0 radical (unpaired) electrons. The molecule has 0 spiro atoms. The zero-order valence-electron chi connectivity index (χ0n) is 10.9. The van der Waals surface area contributed by atoms with Crippen LogP contribution in [0.2, 0.25) is 0 Å². The molecule has 0 bridgehead atoms. The fourth-order valence-corrected chi connectivity index (χ4v) is 2.73. The summed E-state index contributed by atoms with van der Waals surface area (Å²) in [5.74, 6) is -1.23. The Morgan fingerprint density at radius 2 is 2.05 bits per heavy atom. The van der Waals surface area contributed by atoms with Gasteiger partial charge in [-0.3, -0.25) is 4.79 Å². The van der Waals surface area contributed by atoms with E-state index in [0.717, 1.165) is 12.0 Å². The van der Waals surface area contributed by atoms with Crippen molar-refractivity contribution < 1.29 is 14.7 Å². The van der Waals surface area contributed by atoms with Crippen LogP contribution >= 0.6 is 15.9 Å². The van der Waals surface area contributed by atoms with E-state index in [2.05, 4.69) is 20.9 Å². The Morgan fingerprint density at radius 3 is 2.76 bits per heavy atom. The zero-order chi connectivity index (χ0) is 15.0. The van der Waals surface area contributed by atoms with Crippen LogP contribution in [0.5, 0.6) is 0 Å². The molecular weight excluding hydrogens is 336 g/mol. The molecule has 2 aromatic rings. The second-order valence-electron chi connectivity index (χ2n) is 4.70. The van der Waals surface area contributed by atoms with Crippen molar-refractivity contribution in [2.75, 3.05) is 11.4 Å². The van der Waals surface area contributed by atoms with E-state index in [1.54, 1.807) is 41.3 Å². The molecule has 0 aliphatic carbocycles. The van der Waals surface area contributed by atoms with E-state index in [0.29, 0.717) is 22.5 Å². The van der Waals surface area contributed by atoms with Crippen LogP contribution in [0.3, 0.4) is 0 Å². The minimum atomic E-state index is -1.00. The number of rotatable bonds is 2. The normalized spacial score (nSPS) is 13.1. The number of carbonyl (C=O) groups excluding carboxylic acids is 1. The highest BCUT2D eigenvalue weighted by Gasteiger charge is 2.27. The third kappa shape index (κ3) is 2.54. The smallest absolute Gasteiger partial charge is 0.335 e. The molecule has 1 aromatic carbocycles. The Hall–Kier alpha value is -2.21. The Kier molecular flexibility index (Phi) is 3.47. The summed E-state index contributed by atoms with van der Waals surface area (Å²) in [6.45, 7) is 0.533. The summed E-state index contributed by atoms with van der Waals surface area (Å²) < 4.78 is 0.590. The van der Waals surface area contributed by atoms with Crippen LogP contribution in [0.1, 0.15) is 26.4 Å². The summed E-state index contributed by atoms with van der Waals surface area (Å²) in [4.78, 5) is 29.3. The molecule has 1 N–H and O–H groups in total. The van der Waals surface area contributed by atoms with Crippen LogP contribution in [0.25, 0.3) is 0 Å². The monoisotopic (exact) mass is 346 g/mol. The Bertz CT molecular complexity index is 745. The Balaban J connectivity index is 1.98. The van der Waals surface area contributed by atoms with Gasteiger partial charge in [0.25, 0.3) is 5.91 Å². The number of anilines is 1. The summed E-state index contributed by atoms with van der Waals surface area (Å²) in [6, 6.07) is 10.0. The standard InChI is InChI=1S/C15H11BrN2O3/c16-13-3-1-2-11(17-13)14(19)18-7-6-9-4-5-10(15(20)21)8-12(9)18/h1-5,8H,6-7H2,(H,20,21). The number of nitrogens with zero attached hydrogens (tertiary/aromatic N) is 2. The van der Waals surface area contributed by atoms with Crippen molar-refractivity contribution in [3.05, 3.63) is 57.8 Å². The van der Waals surface area contributed by atoms with E-state index >= 15 is 0 Å². The molecule has 3 rings (SSSR count). The SMILES string of the molecule is O=C(O)c1ccc2c(c1)N(C(=O)c1cccc(Br)n1)CC2. The summed E-state index contributed by atoms with van der Waals surface area (Å²) in [5, 5.41) is 9.07. The molecule has 0 fully saturated rings. The molecule has 0 saturated heterocycles. The summed E-state index contributed by atoms with van der Waals surface area (Å²) in [5.41, 5.74) is 2.14. The van der Waals surface area contributed by atoms with E-state index in [9.17, 15) is 9.59 Å². The molecule has 1 amide bonds. The number of aromatic carboxylic acids is 1. The van der Waals surface area contributed by atoms with Gasteiger partial charge < -0.3 is 10.0 Å². The molecule has 6 heteroatoms. The van der Waals surface area contributed by atoms with Gasteiger partial charge in [-0.05, 0) is 52.2 Å². The van der Waals surface area contributed by atoms with Gasteiger partial charge >= 0.3 is 5.97 Å². The van der Waals surface area contributed by atoms with Gasteiger partial charge in [0.1, 0.15) is 10.3 Å². The summed E-state index contributed by atoms with van der Waals surface area (Å²) in [7, 11) is 0. The molecule has 0 saturated carbocycles. The number of carboxylic acid groups (broad SMARTS) is 1. The van der Waals surface area contributed by atoms with E-state index in [1.807, 2.05) is 0 Å². The number of pyridine rings is 1. The number of hydrogen-bond acceptors (Lipinski definition) is 3. The number of hydrogen-bond donors (Lipinski definition) is 1. The lowest BCUT2D eigenvalue weighted by Gasteiger charge is -2.17. The van der Waals surface area contributed by atoms with Gasteiger partial charge in [-0.2, -0.15) is 0 Å². The maximum Gasteiger partial charge on any atom is 0.335 e. The van der Waals surface area contributed by atoms with Crippen LogP contribution in [0.4, 0.5) is 5.69 Å². The van der Waals surface area contributed by atoms with Crippen molar-refractivity contribution >= 4 is 33.5 Å². The van der Waals surface area contributed by atoms with Gasteiger partial charge in [0, 0.05) is 12.2 Å². The van der Waals surface area contributed by atoms with Crippen molar-refractivity contribution in [2.45, 2.75) is 6.42 Å². The lowest BCUT2D eigenvalue weighted by molar-refractivity contribution is 0.0696. The van der Waals surface area contributed by atoms with Crippen molar-refractivity contribution in [1.29, 1.82) is 0 Å². The number of amides is 1. The van der Waals surface area contributed by atoms with Crippen LogP contribution in [-0.2, 0) is 6.42 Å². The number of halogens is 1. The molecule has 0 atom stereocenters. The van der Waals surface area contributed by atoms with Crippen molar-refractivity contribution in [3.8, 4) is 0 Å². The highest BCUT2D eigenvalue weighted by molar-refractivity contribution is 9.10. The van der Waals surface area contributed by atoms with Gasteiger partial charge in [0.05, 0.1) is 5.56 Å². The lowest BCUT2D eigenvalue weighted by Crippen LogP contribution is -2.29. The second-order valence-corrected chi connectivity index (χ2v) is 5.51. The number of carboxylic acids is 1. The molecule has 1 aromatic heterocycles. The fraction of sp³-hybridized carbons (Fsp3) is 0.133. The minimum absolute atomic E-state index is 0.177. The van der Waals surface area contributed by atoms with Crippen molar-refractivity contribution in [2.24, 2.45) is 0 Å². The van der Waals surface area contributed by atoms with Gasteiger partial charge in [0.2, 0.25) is 0 Å². The number of carbonyl (C=O) groups is 2. The Labute approximate surface area is 129 Å². The average Bonchev–Trinajstić information content (AvgIpc) is 2.89. The lowest BCUT2D eigenvalue weighted by atomic mass is 10.1. The molecule has 21 heavy (non-hydrogen) atoms. The predicted molar refractivity (Wildman–Crippen MR) is 80.7 cm³/mol. The molecule has 0 unspecified atom stereocenters. The third-order valence-corrected chi connectivity index (χ3v) is 3.85. The van der Waals surface area contributed by atoms with Crippen molar-refractivity contribution in [1.82, 2.24) is 4.98 Å². The van der Waals surface area contributed by atoms with Gasteiger partial charge in [-0.15, -0.1) is 0 Å². The number of fused-ring (bicyclic) bond motifs is 1. The van der Waals surface area contributed by atoms with Crippen LogP contribution in [0.15, 0.2) is 41.0 Å². The maximum atomic E-state index is 12.5. The molecule has 1 aliphatic heterocycles. The van der Waals surface area contributed by atoms with E-state index in [4.69, 9.17) is 5.11 Å². The van der Waals surface area contributed by atoms with E-state index in [-0.39, 0.29) is 11.5 Å². The molecule has 106 valence electrons. The topological polar surface area (TPSA) is 70.5 Å². The maximum absolute atomic E-state index is 12.5. The fourth-order valence-electron chi connectivity index (χ4n) is 2.39. The first-order valence-corrected chi connectivity index (χ1v) is 7.16.